The van der Waals surface area contributed by atoms with Crippen LogP contribution < -0.4 is 15.0 Å². The third kappa shape index (κ3) is 4.27. The van der Waals surface area contributed by atoms with Gasteiger partial charge >= 0.3 is 0 Å². The van der Waals surface area contributed by atoms with Crippen molar-refractivity contribution in [1.82, 2.24) is 0 Å². The number of benzene rings is 3. The normalized spacial score (nSPS) is 15.8. The highest BCUT2D eigenvalue weighted by Crippen LogP contribution is 2.42. The lowest BCUT2D eigenvalue weighted by Gasteiger charge is -2.25. The lowest BCUT2D eigenvalue weighted by molar-refractivity contribution is -0.115. The topological polar surface area (TPSA) is 58.6 Å². The number of hydrogen-bond donors (Lipinski definition) is 1. The fraction of sp³-hybridized carbons (Fsp3) is 0.167. The number of anilines is 2. The fourth-order valence-electron chi connectivity index (χ4n) is 3.48. The van der Waals surface area contributed by atoms with Gasteiger partial charge in [0.25, 0.3) is 5.91 Å². The number of hydrogen-bond acceptors (Lipinski definition) is 4. The summed E-state index contributed by atoms with van der Waals surface area (Å²) in [6.07, 6.45) is 0. The van der Waals surface area contributed by atoms with Crippen LogP contribution in [0.15, 0.2) is 66.7 Å². The van der Waals surface area contributed by atoms with Crippen molar-refractivity contribution in [2.24, 2.45) is 0 Å². The van der Waals surface area contributed by atoms with Crippen LogP contribution in [0.2, 0.25) is 0 Å². The van der Waals surface area contributed by atoms with Crippen molar-refractivity contribution < 1.29 is 18.7 Å². The van der Waals surface area contributed by atoms with E-state index in [1.807, 2.05) is 18.2 Å². The van der Waals surface area contributed by atoms with Crippen LogP contribution in [0, 0.1) is 12.7 Å². The fourth-order valence-corrected chi connectivity index (χ4v) is 4.65. The van der Waals surface area contributed by atoms with E-state index < -0.39 is 0 Å². The summed E-state index contributed by atoms with van der Waals surface area (Å²) in [5.74, 6) is 0.0705. The molecule has 7 heteroatoms. The summed E-state index contributed by atoms with van der Waals surface area (Å²) in [5, 5.41) is 2.58. The molecular formula is C24H21FN2O3S. The number of nitrogens with zero attached hydrogens (tertiary/aromatic N) is 1. The minimum atomic E-state index is -0.348. The molecule has 1 heterocycles. The zero-order valence-electron chi connectivity index (χ0n) is 17.1. The third-order valence-corrected chi connectivity index (χ3v) is 6.30. The number of amides is 2. The molecule has 0 unspecified atom stereocenters. The maximum atomic E-state index is 14.1. The van der Waals surface area contributed by atoms with Gasteiger partial charge in [-0.05, 0) is 54.4 Å². The number of halogens is 1. The molecule has 0 aromatic heterocycles. The average Bonchev–Trinajstić information content (AvgIpc) is 3.17. The van der Waals surface area contributed by atoms with Crippen molar-refractivity contribution in [3.63, 3.8) is 0 Å². The Labute approximate surface area is 184 Å². The van der Waals surface area contributed by atoms with Gasteiger partial charge in [0, 0.05) is 11.4 Å². The van der Waals surface area contributed by atoms with E-state index in [-0.39, 0.29) is 23.0 Å². The average molecular weight is 437 g/mol. The molecule has 3 aromatic rings. The molecule has 1 aliphatic heterocycles. The second-order valence-electron chi connectivity index (χ2n) is 7.14. The summed E-state index contributed by atoms with van der Waals surface area (Å²) in [6.45, 7) is 1.69. The molecule has 3 aromatic carbocycles. The van der Waals surface area contributed by atoms with Crippen LogP contribution in [0.25, 0.3) is 0 Å². The second-order valence-corrected chi connectivity index (χ2v) is 8.21. The molecule has 158 valence electrons. The monoisotopic (exact) mass is 436 g/mol. The Bertz CT molecular complexity index is 1150. The molecule has 1 saturated heterocycles. The summed E-state index contributed by atoms with van der Waals surface area (Å²) in [7, 11) is 1.52. The molecule has 1 atom stereocenters. The molecule has 0 aliphatic carbocycles. The highest BCUT2D eigenvalue weighted by molar-refractivity contribution is 8.00. The Morgan fingerprint density at radius 3 is 2.71 bits per heavy atom. The molecule has 1 N–H and O–H groups in total. The van der Waals surface area contributed by atoms with Gasteiger partial charge in [-0.2, -0.15) is 0 Å². The SMILES string of the molecule is COc1ccccc1C(=O)Nc1cccc([C@H]2SCC(=O)N2c2ccc(C)c(F)c2)c1. The summed E-state index contributed by atoms with van der Waals surface area (Å²) in [4.78, 5) is 26.9. The minimum absolute atomic E-state index is 0.0817. The quantitative estimate of drug-likeness (QED) is 0.599. The van der Waals surface area contributed by atoms with Crippen molar-refractivity contribution in [2.75, 3.05) is 23.1 Å². The van der Waals surface area contributed by atoms with Gasteiger partial charge in [-0.1, -0.05) is 30.3 Å². The van der Waals surface area contributed by atoms with Gasteiger partial charge in [0.05, 0.1) is 18.4 Å². The predicted molar refractivity (Wildman–Crippen MR) is 121 cm³/mol. The lowest BCUT2D eigenvalue weighted by Crippen LogP contribution is -2.28. The van der Waals surface area contributed by atoms with Crippen LogP contribution in [0.5, 0.6) is 5.75 Å². The Hall–Kier alpha value is -3.32. The third-order valence-electron chi connectivity index (χ3n) is 5.08. The Kier molecular flexibility index (Phi) is 5.95. The van der Waals surface area contributed by atoms with Gasteiger partial charge < -0.3 is 10.1 Å². The van der Waals surface area contributed by atoms with E-state index in [0.29, 0.717) is 34.0 Å². The summed E-state index contributed by atoms with van der Waals surface area (Å²) in [5.41, 5.74) is 2.92. The van der Waals surface area contributed by atoms with E-state index in [4.69, 9.17) is 4.74 Å². The highest BCUT2D eigenvalue weighted by Gasteiger charge is 2.34. The highest BCUT2D eigenvalue weighted by atomic mass is 32.2. The van der Waals surface area contributed by atoms with Gasteiger partial charge in [0.2, 0.25) is 5.91 Å². The summed E-state index contributed by atoms with van der Waals surface area (Å²) >= 11 is 1.47. The van der Waals surface area contributed by atoms with Crippen LogP contribution in [0.1, 0.15) is 26.9 Å². The zero-order valence-corrected chi connectivity index (χ0v) is 17.9. The molecular weight excluding hydrogens is 415 g/mol. The number of carbonyl (C=O) groups is 2. The van der Waals surface area contributed by atoms with Crippen molar-refractivity contribution in [3.05, 3.63) is 89.2 Å². The first-order valence-corrected chi connectivity index (χ1v) is 10.8. The molecule has 0 bridgehead atoms. The van der Waals surface area contributed by atoms with E-state index in [1.165, 1.54) is 24.9 Å². The molecule has 5 nitrogen and oxygen atoms in total. The van der Waals surface area contributed by atoms with Gasteiger partial charge in [-0.3, -0.25) is 14.5 Å². The maximum Gasteiger partial charge on any atom is 0.259 e. The van der Waals surface area contributed by atoms with Crippen LogP contribution in [0.3, 0.4) is 0 Å². The molecule has 4 rings (SSSR count). The molecule has 1 aliphatic rings. The number of methoxy groups -OCH3 is 1. The van der Waals surface area contributed by atoms with Gasteiger partial charge in [0.15, 0.2) is 0 Å². The van der Waals surface area contributed by atoms with Gasteiger partial charge in [-0.25, -0.2) is 4.39 Å². The van der Waals surface area contributed by atoms with Gasteiger partial charge in [-0.15, -0.1) is 11.8 Å². The Morgan fingerprint density at radius 2 is 1.94 bits per heavy atom. The standard InChI is InChI=1S/C24H21FN2O3S/c1-15-10-11-18(13-20(15)25)27-22(28)14-31-24(27)16-6-5-7-17(12-16)26-23(29)19-8-3-4-9-21(19)30-2/h3-13,24H,14H2,1-2H3,(H,26,29)/t24-/m1/s1. The molecule has 2 amide bonds. The Morgan fingerprint density at radius 1 is 1.13 bits per heavy atom. The van der Waals surface area contributed by atoms with E-state index in [0.717, 1.165) is 5.56 Å². The molecule has 0 spiro atoms. The van der Waals surface area contributed by atoms with Crippen LogP contribution in [-0.4, -0.2) is 24.7 Å². The van der Waals surface area contributed by atoms with Crippen LogP contribution >= 0.6 is 11.8 Å². The summed E-state index contributed by atoms with van der Waals surface area (Å²) < 4.78 is 19.4. The van der Waals surface area contributed by atoms with Crippen molar-refractivity contribution in [2.45, 2.75) is 12.3 Å². The lowest BCUT2D eigenvalue weighted by atomic mass is 10.1. The molecule has 0 saturated carbocycles. The van der Waals surface area contributed by atoms with Crippen molar-refractivity contribution >= 4 is 35.0 Å². The number of rotatable bonds is 5. The minimum Gasteiger partial charge on any atom is -0.496 e. The first-order valence-electron chi connectivity index (χ1n) is 9.72. The first-order chi connectivity index (χ1) is 15.0. The maximum absolute atomic E-state index is 14.1. The number of carbonyl (C=O) groups excluding carboxylic acids is 2. The largest absolute Gasteiger partial charge is 0.496 e. The van der Waals surface area contributed by atoms with E-state index in [2.05, 4.69) is 5.32 Å². The predicted octanol–water partition coefficient (Wildman–Crippen LogP) is 5.17. The number of ether oxygens (including phenoxy) is 1. The van der Waals surface area contributed by atoms with E-state index in [9.17, 15) is 14.0 Å². The first kappa shape index (κ1) is 20.9. The smallest absolute Gasteiger partial charge is 0.259 e. The molecule has 0 radical (unpaired) electrons. The van der Waals surface area contributed by atoms with Crippen LogP contribution in [-0.2, 0) is 4.79 Å². The molecule has 31 heavy (non-hydrogen) atoms. The Balaban J connectivity index is 1.60. The van der Waals surface area contributed by atoms with E-state index in [1.54, 1.807) is 54.3 Å². The zero-order chi connectivity index (χ0) is 22.0. The van der Waals surface area contributed by atoms with Crippen molar-refractivity contribution in [3.8, 4) is 5.75 Å². The van der Waals surface area contributed by atoms with Crippen molar-refractivity contribution in [1.29, 1.82) is 0 Å². The number of para-hydroxylation sites is 1. The van der Waals surface area contributed by atoms with E-state index >= 15 is 0 Å². The van der Waals surface area contributed by atoms with Crippen LogP contribution in [0.4, 0.5) is 15.8 Å². The van der Waals surface area contributed by atoms with Gasteiger partial charge in [0.1, 0.15) is 16.9 Å². The number of aryl methyl sites for hydroxylation is 1. The summed E-state index contributed by atoms with van der Waals surface area (Å²) in [6, 6.07) is 19.1. The molecule has 1 fully saturated rings. The number of nitrogens with one attached hydrogen (secondary N) is 1. The number of thioether (sulfide) groups is 1. The second kappa shape index (κ2) is 8.81.